The van der Waals surface area contributed by atoms with Crippen molar-refractivity contribution < 1.29 is 22.7 Å². The van der Waals surface area contributed by atoms with Gasteiger partial charge >= 0.3 is 0 Å². The minimum atomic E-state index is -3.57. The average Bonchev–Trinajstić information content (AvgIpc) is 2.67. The van der Waals surface area contributed by atoms with Crippen LogP contribution >= 0.6 is 0 Å². The van der Waals surface area contributed by atoms with Crippen LogP contribution in [0.2, 0.25) is 0 Å². The number of carbonyl (C=O) groups excluding carboxylic acids is 1. The zero-order chi connectivity index (χ0) is 19.7. The van der Waals surface area contributed by atoms with Crippen molar-refractivity contribution in [2.24, 2.45) is 0 Å². The van der Waals surface area contributed by atoms with Gasteiger partial charge in [-0.15, -0.1) is 0 Å². The van der Waals surface area contributed by atoms with Gasteiger partial charge in [0, 0.05) is 20.6 Å². The number of nitrogens with zero attached hydrogens (tertiary/aromatic N) is 1. The molecule has 0 aliphatic rings. The largest absolute Gasteiger partial charge is 0.491 e. The normalized spacial score (nSPS) is 11.4. The monoisotopic (exact) mass is 392 g/mol. The highest BCUT2D eigenvalue weighted by Crippen LogP contribution is 2.18. The average molecular weight is 392 g/mol. The summed E-state index contributed by atoms with van der Waals surface area (Å²) in [7, 11) is -0.635. The summed E-state index contributed by atoms with van der Waals surface area (Å²) in [6, 6.07) is 15.9. The van der Waals surface area contributed by atoms with Crippen LogP contribution in [0.15, 0.2) is 59.5 Å². The Balaban J connectivity index is 1.76. The smallest absolute Gasteiger partial charge is 0.246 e. The number of ether oxygens (including phenoxy) is 2. The van der Waals surface area contributed by atoms with Gasteiger partial charge in [-0.25, -0.2) is 12.7 Å². The lowest BCUT2D eigenvalue weighted by Gasteiger charge is -2.15. The van der Waals surface area contributed by atoms with Crippen LogP contribution in [0.25, 0.3) is 0 Å². The number of carbonyl (C=O) groups is 1. The van der Waals surface area contributed by atoms with Crippen LogP contribution in [-0.2, 0) is 26.1 Å². The van der Waals surface area contributed by atoms with Crippen LogP contribution in [0.1, 0.15) is 5.56 Å². The minimum Gasteiger partial charge on any atom is -0.491 e. The maximum absolute atomic E-state index is 12.3. The Morgan fingerprint density at radius 3 is 2.37 bits per heavy atom. The van der Waals surface area contributed by atoms with Crippen molar-refractivity contribution in [3.8, 4) is 5.75 Å². The Hall–Kier alpha value is -2.42. The third-order valence-corrected chi connectivity index (χ3v) is 5.60. The predicted molar refractivity (Wildman–Crippen MR) is 102 cm³/mol. The van der Waals surface area contributed by atoms with E-state index in [1.54, 1.807) is 18.2 Å². The zero-order valence-corrected chi connectivity index (χ0v) is 16.2. The van der Waals surface area contributed by atoms with Gasteiger partial charge in [0.05, 0.1) is 11.5 Å². The summed E-state index contributed by atoms with van der Waals surface area (Å²) in [6.07, 6.45) is 0. The molecule has 0 saturated heterocycles. The van der Waals surface area contributed by atoms with Gasteiger partial charge in [-0.3, -0.25) is 4.79 Å². The summed E-state index contributed by atoms with van der Waals surface area (Å²) >= 11 is 0. The van der Waals surface area contributed by atoms with Crippen molar-refractivity contribution in [2.45, 2.75) is 11.4 Å². The highest BCUT2D eigenvalue weighted by atomic mass is 32.2. The Morgan fingerprint density at radius 1 is 1.00 bits per heavy atom. The van der Waals surface area contributed by atoms with Crippen LogP contribution in [0.5, 0.6) is 5.75 Å². The van der Waals surface area contributed by atoms with E-state index in [0.29, 0.717) is 12.2 Å². The lowest BCUT2D eigenvalue weighted by atomic mass is 10.2. The quantitative estimate of drug-likeness (QED) is 0.622. The first kappa shape index (κ1) is 20.9. The molecule has 0 aliphatic carbocycles. The Labute approximate surface area is 160 Å². The number of para-hydroxylation sites is 1. The van der Waals surface area contributed by atoms with Crippen molar-refractivity contribution in [1.29, 1.82) is 0 Å². The zero-order valence-electron chi connectivity index (χ0n) is 15.4. The number of amides is 1. The molecule has 0 heterocycles. The van der Waals surface area contributed by atoms with Gasteiger partial charge in [0.15, 0.2) is 0 Å². The van der Waals surface area contributed by atoms with Crippen LogP contribution in [0.3, 0.4) is 0 Å². The summed E-state index contributed by atoms with van der Waals surface area (Å²) in [4.78, 5) is 12.1. The lowest BCUT2D eigenvalue weighted by Crippen LogP contribution is -2.29. The fraction of sp³-hybridized carbons (Fsp3) is 0.316. The standard InChI is InChI=1S/C19H24N2O5S/c1-21(2)27(23,24)18-11-7-6-8-16(18)14-20-19(22)15-25-12-13-26-17-9-4-3-5-10-17/h3-11H,12-15H2,1-2H3,(H,20,22). The number of benzene rings is 2. The molecule has 146 valence electrons. The molecule has 2 aromatic carbocycles. The molecule has 0 saturated carbocycles. The highest BCUT2D eigenvalue weighted by Gasteiger charge is 2.20. The molecule has 0 spiro atoms. The van der Waals surface area contributed by atoms with Crippen molar-refractivity contribution >= 4 is 15.9 Å². The fourth-order valence-corrected chi connectivity index (χ4v) is 3.36. The van der Waals surface area contributed by atoms with E-state index < -0.39 is 10.0 Å². The predicted octanol–water partition coefficient (Wildman–Crippen LogP) is 1.65. The molecule has 0 unspecified atom stereocenters. The van der Waals surface area contributed by atoms with Crippen molar-refractivity contribution in [3.63, 3.8) is 0 Å². The third kappa shape index (κ3) is 6.35. The van der Waals surface area contributed by atoms with E-state index in [0.717, 1.165) is 10.1 Å². The van der Waals surface area contributed by atoms with Crippen molar-refractivity contribution in [1.82, 2.24) is 9.62 Å². The summed E-state index contributed by atoms with van der Waals surface area (Å²) in [5, 5.41) is 2.67. The van der Waals surface area contributed by atoms with Gasteiger partial charge in [0.2, 0.25) is 15.9 Å². The lowest BCUT2D eigenvalue weighted by molar-refractivity contribution is -0.126. The number of sulfonamides is 1. The van der Waals surface area contributed by atoms with Crippen LogP contribution in [0, 0.1) is 0 Å². The number of rotatable bonds is 10. The molecule has 0 aliphatic heterocycles. The first-order valence-electron chi connectivity index (χ1n) is 8.44. The van der Waals surface area contributed by atoms with Gasteiger partial charge in [0.25, 0.3) is 0 Å². The van der Waals surface area contributed by atoms with E-state index >= 15 is 0 Å². The van der Waals surface area contributed by atoms with E-state index in [9.17, 15) is 13.2 Å². The molecule has 0 bridgehead atoms. The molecule has 1 amide bonds. The first-order valence-corrected chi connectivity index (χ1v) is 9.88. The molecule has 2 rings (SSSR count). The molecule has 0 atom stereocenters. The van der Waals surface area contributed by atoms with E-state index in [2.05, 4.69) is 5.32 Å². The third-order valence-electron chi connectivity index (χ3n) is 3.68. The van der Waals surface area contributed by atoms with Gasteiger partial charge < -0.3 is 14.8 Å². The molecule has 0 fully saturated rings. The van der Waals surface area contributed by atoms with E-state index in [4.69, 9.17) is 9.47 Å². The van der Waals surface area contributed by atoms with Crippen molar-refractivity contribution in [3.05, 3.63) is 60.2 Å². The summed E-state index contributed by atoms with van der Waals surface area (Å²) < 4.78 is 36.6. The second kappa shape index (κ2) is 10.1. The SMILES string of the molecule is CN(C)S(=O)(=O)c1ccccc1CNC(=O)COCCOc1ccccc1. The second-order valence-electron chi connectivity index (χ2n) is 5.89. The second-order valence-corrected chi connectivity index (χ2v) is 8.01. The van der Waals surface area contributed by atoms with Crippen LogP contribution in [-0.4, -0.2) is 52.5 Å². The van der Waals surface area contributed by atoms with Crippen LogP contribution in [0.4, 0.5) is 0 Å². The highest BCUT2D eigenvalue weighted by molar-refractivity contribution is 7.89. The summed E-state index contributed by atoms with van der Waals surface area (Å²) in [5.41, 5.74) is 0.520. The Kier molecular flexibility index (Phi) is 7.78. The van der Waals surface area contributed by atoms with Crippen molar-refractivity contribution in [2.75, 3.05) is 33.9 Å². The fourth-order valence-electron chi connectivity index (χ4n) is 2.24. The maximum Gasteiger partial charge on any atom is 0.246 e. The summed E-state index contributed by atoms with van der Waals surface area (Å²) in [5.74, 6) is 0.413. The molecule has 2 aromatic rings. The van der Waals surface area contributed by atoms with Gasteiger partial charge in [-0.2, -0.15) is 0 Å². The van der Waals surface area contributed by atoms with Crippen LogP contribution < -0.4 is 10.1 Å². The van der Waals surface area contributed by atoms with Gasteiger partial charge in [0.1, 0.15) is 19.0 Å². The number of hydrogen-bond donors (Lipinski definition) is 1. The topological polar surface area (TPSA) is 84.9 Å². The van der Waals surface area contributed by atoms with E-state index in [-0.39, 0.29) is 30.6 Å². The number of hydrogen-bond acceptors (Lipinski definition) is 5. The molecule has 8 heteroatoms. The molecule has 1 N–H and O–H groups in total. The van der Waals surface area contributed by atoms with E-state index in [1.807, 2.05) is 30.3 Å². The molecule has 0 aromatic heterocycles. The molecular formula is C19H24N2O5S. The molecule has 27 heavy (non-hydrogen) atoms. The minimum absolute atomic E-state index is 0.103. The number of nitrogens with one attached hydrogen (secondary N) is 1. The Morgan fingerprint density at radius 2 is 1.67 bits per heavy atom. The van der Waals surface area contributed by atoms with E-state index in [1.165, 1.54) is 20.2 Å². The Bertz CT molecular complexity index is 838. The summed E-state index contributed by atoms with van der Waals surface area (Å²) in [6.45, 7) is 0.585. The molecule has 7 nitrogen and oxygen atoms in total. The van der Waals surface area contributed by atoms with Gasteiger partial charge in [-0.1, -0.05) is 36.4 Å². The molecule has 0 radical (unpaired) electrons. The first-order chi connectivity index (χ1) is 12.9. The molecular weight excluding hydrogens is 368 g/mol. The maximum atomic E-state index is 12.3. The van der Waals surface area contributed by atoms with Gasteiger partial charge in [-0.05, 0) is 23.8 Å².